The lowest BCUT2D eigenvalue weighted by atomic mass is 9.53. The molecular weight excluding hydrogens is 288 g/mol. The smallest absolute Gasteiger partial charge is 0.0318 e. The molecule has 6 unspecified atom stereocenters. The third kappa shape index (κ3) is 1.87. The molecule has 4 aliphatic carbocycles. The van der Waals surface area contributed by atoms with Gasteiger partial charge in [-0.05, 0) is 88.8 Å². The van der Waals surface area contributed by atoms with Crippen LogP contribution >= 0.6 is 0 Å². The fourth-order valence-corrected chi connectivity index (χ4v) is 9.29. The molecule has 4 rings (SSSR count). The van der Waals surface area contributed by atoms with Gasteiger partial charge in [-0.25, -0.2) is 0 Å². The number of fused-ring (bicyclic) bond motifs is 6. The highest BCUT2D eigenvalue weighted by Crippen LogP contribution is 2.71. The van der Waals surface area contributed by atoms with Crippen molar-refractivity contribution in [2.45, 2.75) is 62.3 Å². The average Bonchev–Trinajstić information content (AvgIpc) is 3.02. The molecule has 0 bridgehead atoms. The van der Waals surface area contributed by atoms with Gasteiger partial charge in [0, 0.05) is 0 Å². The van der Waals surface area contributed by atoms with Crippen molar-refractivity contribution in [1.29, 1.82) is 0 Å². The lowest BCUT2D eigenvalue weighted by Crippen LogP contribution is -2.48. The maximum absolute atomic E-state index is 2.62. The Balaban J connectivity index is 1.85. The summed E-state index contributed by atoms with van der Waals surface area (Å²) in [4.78, 5) is 0. The Bertz CT molecular complexity index is 369. The Morgan fingerprint density at radius 1 is 0.208 bits per heavy atom. The monoisotopic (exact) mass is 330 g/mol. The van der Waals surface area contributed by atoms with E-state index in [2.05, 4.69) is 62.3 Å². The van der Waals surface area contributed by atoms with Gasteiger partial charge in [0.15, 0.2) is 0 Å². The largest absolute Gasteiger partial charge is 0.0620 e. The normalized spacial score (nSPS) is 68.6. The van der Waals surface area contributed by atoms with Crippen molar-refractivity contribution in [3.05, 3.63) is 0 Å². The molecule has 6 atom stereocenters. The van der Waals surface area contributed by atoms with Crippen LogP contribution in [0.4, 0.5) is 0 Å². The number of hydrogen-bond acceptors (Lipinski definition) is 0. The highest BCUT2D eigenvalue weighted by Gasteiger charge is 2.67. The SMILES string of the molecule is CC1C(C)C2C3C(C)C(C)C(C)C3C3C(C)C(C)C(C)C3C2C1C. The molecule has 0 aliphatic heterocycles. The number of rotatable bonds is 0. The first-order valence-corrected chi connectivity index (χ1v) is 11.2. The topological polar surface area (TPSA) is 0 Å². The first-order chi connectivity index (χ1) is 11.2. The van der Waals surface area contributed by atoms with Gasteiger partial charge in [0.25, 0.3) is 0 Å². The zero-order valence-electron chi connectivity index (χ0n) is 17.7. The predicted octanol–water partition coefficient (Wildman–Crippen LogP) is 6.46. The van der Waals surface area contributed by atoms with Crippen LogP contribution < -0.4 is 0 Å². The third-order valence-electron chi connectivity index (χ3n) is 11.3. The van der Waals surface area contributed by atoms with Gasteiger partial charge < -0.3 is 0 Å². The molecule has 138 valence electrons. The lowest BCUT2D eigenvalue weighted by molar-refractivity contribution is -0.0447. The third-order valence-corrected chi connectivity index (χ3v) is 11.3. The predicted molar refractivity (Wildman–Crippen MR) is 103 cm³/mol. The summed E-state index contributed by atoms with van der Waals surface area (Å²) in [5.74, 6) is 14.5. The Kier molecular flexibility index (Phi) is 3.99. The van der Waals surface area contributed by atoms with E-state index in [9.17, 15) is 0 Å². The van der Waals surface area contributed by atoms with Crippen molar-refractivity contribution in [3.8, 4) is 0 Å². The molecule has 0 heterocycles. The number of hydrogen-bond donors (Lipinski definition) is 0. The van der Waals surface area contributed by atoms with E-state index in [-0.39, 0.29) is 0 Å². The minimum Gasteiger partial charge on any atom is -0.0620 e. The molecule has 0 aromatic carbocycles. The zero-order chi connectivity index (χ0) is 17.7. The quantitative estimate of drug-likeness (QED) is 0.478. The first kappa shape index (κ1) is 17.4. The van der Waals surface area contributed by atoms with Crippen LogP contribution in [0.15, 0.2) is 0 Å². The Morgan fingerprint density at radius 3 is 0.458 bits per heavy atom. The molecule has 0 nitrogen and oxygen atoms in total. The van der Waals surface area contributed by atoms with Gasteiger partial charge in [0.1, 0.15) is 0 Å². The molecule has 4 aliphatic rings. The maximum atomic E-state index is 2.62. The van der Waals surface area contributed by atoms with Crippen molar-refractivity contribution >= 4 is 0 Å². The van der Waals surface area contributed by atoms with E-state index >= 15 is 0 Å². The van der Waals surface area contributed by atoms with Crippen molar-refractivity contribution in [2.75, 3.05) is 0 Å². The van der Waals surface area contributed by atoms with E-state index in [0.717, 1.165) is 88.8 Å². The summed E-state index contributed by atoms with van der Waals surface area (Å²) in [5.41, 5.74) is 0. The summed E-state index contributed by atoms with van der Waals surface area (Å²) in [7, 11) is 0. The van der Waals surface area contributed by atoms with Crippen molar-refractivity contribution in [3.63, 3.8) is 0 Å². The molecule has 0 heteroatoms. The van der Waals surface area contributed by atoms with Gasteiger partial charge >= 0.3 is 0 Å². The van der Waals surface area contributed by atoms with Crippen molar-refractivity contribution in [2.24, 2.45) is 88.8 Å². The van der Waals surface area contributed by atoms with Crippen LogP contribution in [-0.4, -0.2) is 0 Å². The standard InChI is InChI=1S/C24H42/c1-10-13(4)19-20(14(10)5)22-16(7)12(3)18(9)24(22)23-17(8)11(2)15(6)21(19)23/h10-24H,1-9H3. The van der Waals surface area contributed by atoms with Crippen LogP contribution in [0.25, 0.3) is 0 Å². The minimum atomic E-state index is 0.927. The molecule has 0 N–H and O–H groups in total. The van der Waals surface area contributed by atoms with Crippen LogP contribution in [0.2, 0.25) is 0 Å². The van der Waals surface area contributed by atoms with E-state index in [4.69, 9.17) is 0 Å². The van der Waals surface area contributed by atoms with E-state index in [1.54, 1.807) is 0 Å². The van der Waals surface area contributed by atoms with Gasteiger partial charge in [0.2, 0.25) is 0 Å². The Morgan fingerprint density at radius 2 is 0.333 bits per heavy atom. The maximum Gasteiger partial charge on any atom is -0.0318 e. The summed E-state index contributed by atoms with van der Waals surface area (Å²) in [6, 6.07) is 0. The summed E-state index contributed by atoms with van der Waals surface area (Å²) >= 11 is 0. The van der Waals surface area contributed by atoms with Gasteiger partial charge in [-0.1, -0.05) is 62.3 Å². The van der Waals surface area contributed by atoms with Crippen molar-refractivity contribution in [1.82, 2.24) is 0 Å². The highest BCUT2D eigenvalue weighted by atomic mass is 14.7. The second kappa shape index (κ2) is 5.50. The fourth-order valence-electron chi connectivity index (χ4n) is 9.29. The second-order valence-electron chi connectivity index (χ2n) is 11.2. The molecular formula is C24H42. The highest BCUT2D eigenvalue weighted by molar-refractivity contribution is 5.14. The summed E-state index contributed by atoms with van der Waals surface area (Å²) in [6.45, 7) is 23.5. The van der Waals surface area contributed by atoms with Gasteiger partial charge in [-0.3, -0.25) is 0 Å². The molecule has 0 aromatic rings. The van der Waals surface area contributed by atoms with Gasteiger partial charge in [-0.15, -0.1) is 0 Å². The van der Waals surface area contributed by atoms with E-state index < -0.39 is 0 Å². The van der Waals surface area contributed by atoms with Crippen LogP contribution in [0, 0.1) is 88.8 Å². The van der Waals surface area contributed by atoms with Crippen LogP contribution in [-0.2, 0) is 0 Å². The molecule has 0 aromatic heterocycles. The Labute approximate surface area is 151 Å². The molecule has 4 saturated carbocycles. The fraction of sp³-hybridized carbons (Fsp3) is 1.00. The molecule has 24 heavy (non-hydrogen) atoms. The van der Waals surface area contributed by atoms with Crippen LogP contribution in [0.3, 0.4) is 0 Å². The molecule has 0 saturated heterocycles. The van der Waals surface area contributed by atoms with E-state index in [1.807, 2.05) is 0 Å². The first-order valence-electron chi connectivity index (χ1n) is 11.2. The average molecular weight is 331 g/mol. The second-order valence-corrected chi connectivity index (χ2v) is 11.2. The molecule has 4 fully saturated rings. The van der Waals surface area contributed by atoms with Crippen LogP contribution in [0.5, 0.6) is 0 Å². The molecule has 0 radical (unpaired) electrons. The van der Waals surface area contributed by atoms with E-state index in [0.29, 0.717) is 0 Å². The van der Waals surface area contributed by atoms with E-state index in [1.165, 1.54) is 0 Å². The molecule has 0 spiro atoms. The summed E-state index contributed by atoms with van der Waals surface area (Å²) in [5, 5.41) is 0. The van der Waals surface area contributed by atoms with Gasteiger partial charge in [0.05, 0.1) is 0 Å². The summed E-state index contributed by atoms with van der Waals surface area (Å²) in [6.07, 6.45) is 0. The Hall–Kier alpha value is 0. The van der Waals surface area contributed by atoms with Crippen LogP contribution in [0.1, 0.15) is 62.3 Å². The van der Waals surface area contributed by atoms with Crippen molar-refractivity contribution < 1.29 is 0 Å². The minimum absolute atomic E-state index is 0.927. The zero-order valence-corrected chi connectivity index (χ0v) is 17.7. The summed E-state index contributed by atoms with van der Waals surface area (Å²) < 4.78 is 0. The lowest BCUT2D eigenvalue weighted by Gasteiger charge is -2.51. The van der Waals surface area contributed by atoms with Gasteiger partial charge in [-0.2, -0.15) is 0 Å². The molecule has 0 amide bonds.